The molecule has 0 aliphatic heterocycles. The van der Waals surface area contributed by atoms with E-state index >= 15 is 0 Å². The first kappa shape index (κ1) is 15.8. The second-order valence-corrected chi connectivity index (χ2v) is 6.53. The maximum absolute atomic E-state index is 11.7. The zero-order chi connectivity index (χ0) is 14.6. The van der Waals surface area contributed by atoms with Crippen molar-refractivity contribution in [1.29, 1.82) is 0 Å². The molecular formula is C16H30N2O2. The van der Waals surface area contributed by atoms with E-state index in [1.54, 1.807) is 0 Å². The van der Waals surface area contributed by atoms with Crippen molar-refractivity contribution in [3.05, 3.63) is 0 Å². The number of nitrogens with zero attached hydrogens (tertiary/aromatic N) is 1. The fraction of sp³-hybridized carbons (Fsp3) is 0.938. The minimum Gasteiger partial charge on any atom is -0.480 e. The van der Waals surface area contributed by atoms with E-state index in [1.165, 1.54) is 32.2 Å². The lowest BCUT2D eigenvalue weighted by Gasteiger charge is -2.33. The highest BCUT2D eigenvalue weighted by Gasteiger charge is 2.48. The summed E-state index contributed by atoms with van der Waals surface area (Å²) in [7, 11) is 1.81. The van der Waals surface area contributed by atoms with Gasteiger partial charge in [0.2, 0.25) is 0 Å². The highest BCUT2D eigenvalue weighted by atomic mass is 16.4. The average Bonchev–Trinajstić information content (AvgIpc) is 3.18. The molecule has 0 spiro atoms. The number of carboxylic acids is 1. The summed E-state index contributed by atoms with van der Waals surface area (Å²) < 4.78 is 0. The van der Waals surface area contributed by atoms with Gasteiger partial charge in [-0.05, 0) is 64.6 Å². The van der Waals surface area contributed by atoms with E-state index in [1.807, 2.05) is 7.05 Å². The van der Waals surface area contributed by atoms with Crippen molar-refractivity contribution in [3.63, 3.8) is 0 Å². The Labute approximate surface area is 122 Å². The third kappa shape index (κ3) is 3.34. The molecule has 0 heterocycles. The SMILES string of the molecule is CCCCN(CCC1CCCC1(NC)C(=O)O)C1CC1. The van der Waals surface area contributed by atoms with Gasteiger partial charge in [-0.25, -0.2) is 0 Å². The van der Waals surface area contributed by atoms with Gasteiger partial charge in [0.15, 0.2) is 0 Å². The minimum atomic E-state index is -0.667. The van der Waals surface area contributed by atoms with Crippen LogP contribution in [0.2, 0.25) is 0 Å². The van der Waals surface area contributed by atoms with Crippen LogP contribution >= 0.6 is 0 Å². The van der Waals surface area contributed by atoms with Crippen LogP contribution in [0, 0.1) is 5.92 Å². The highest BCUT2D eigenvalue weighted by Crippen LogP contribution is 2.39. The van der Waals surface area contributed by atoms with Crippen LogP contribution in [-0.4, -0.2) is 47.7 Å². The Hall–Kier alpha value is -0.610. The topological polar surface area (TPSA) is 52.6 Å². The van der Waals surface area contributed by atoms with E-state index in [9.17, 15) is 9.90 Å². The van der Waals surface area contributed by atoms with Gasteiger partial charge in [-0.2, -0.15) is 0 Å². The molecule has 2 saturated carbocycles. The second kappa shape index (κ2) is 6.90. The van der Waals surface area contributed by atoms with Gasteiger partial charge in [-0.1, -0.05) is 19.8 Å². The smallest absolute Gasteiger partial charge is 0.324 e. The number of carboxylic acid groups (broad SMARTS) is 1. The van der Waals surface area contributed by atoms with Gasteiger partial charge in [0.1, 0.15) is 5.54 Å². The lowest BCUT2D eigenvalue weighted by atomic mass is 9.84. The van der Waals surface area contributed by atoms with Gasteiger partial charge < -0.3 is 15.3 Å². The predicted octanol–water partition coefficient (Wildman–Crippen LogP) is 2.48. The van der Waals surface area contributed by atoms with Crippen LogP contribution in [-0.2, 0) is 4.79 Å². The number of hydrogen-bond acceptors (Lipinski definition) is 3. The van der Waals surface area contributed by atoms with Crippen LogP contribution in [0.3, 0.4) is 0 Å². The molecule has 2 aliphatic rings. The number of aliphatic carboxylic acids is 1. The zero-order valence-corrected chi connectivity index (χ0v) is 13.0. The van der Waals surface area contributed by atoms with Gasteiger partial charge in [0.25, 0.3) is 0 Å². The molecule has 2 fully saturated rings. The fourth-order valence-electron chi connectivity index (χ4n) is 3.79. The number of unbranched alkanes of at least 4 members (excludes halogenated alkanes) is 1. The number of rotatable bonds is 9. The molecule has 0 amide bonds. The Kier molecular flexibility index (Phi) is 5.44. The van der Waals surface area contributed by atoms with E-state index in [0.717, 1.165) is 38.3 Å². The molecule has 20 heavy (non-hydrogen) atoms. The summed E-state index contributed by atoms with van der Waals surface area (Å²) in [6.07, 6.45) is 9.07. The third-order valence-corrected chi connectivity index (χ3v) is 5.28. The molecule has 0 radical (unpaired) electrons. The zero-order valence-electron chi connectivity index (χ0n) is 13.0. The first-order chi connectivity index (χ1) is 9.64. The summed E-state index contributed by atoms with van der Waals surface area (Å²) in [4.78, 5) is 14.3. The molecule has 2 atom stereocenters. The molecule has 0 aromatic rings. The maximum atomic E-state index is 11.7. The molecule has 0 aromatic carbocycles. The van der Waals surface area contributed by atoms with Gasteiger partial charge in [0, 0.05) is 6.04 Å². The van der Waals surface area contributed by atoms with E-state index in [0.29, 0.717) is 0 Å². The quantitative estimate of drug-likeness (QED) is 0.682. The lowest BCUT2D eigenvalue weighted by Crippen LogP contribution is -2.53. The van der Waals surface area contributed by atoms with Crippen molar-refractivity contribution in [3.8, 4) is 0 Å². The van der Waals surface area contributed by atoms with Crippen molar-refractivity contribution in [2.75, 3.05) is 20.1 Å². The van der Waals surface area contributed by atoms with E-state index in [2.05, 4.69) is 17.1 Å². The summed E-state index contributed by atoms with van der Waals surface area (Å²) in [5, 5.41) is 12.7. The average molecular weight is 282 g/mol. The molecule has 4 nitrogen and oxygen atoms in total. The van der Waals surface area contributed by atoms with Crippen LogP contribution < -0.4 is 5.32 Å². The van der Waals surface area contributed by atoms with Crippen molar-refractivity contribution in [2.24, 2.45) is 5.92 Å². The standard InChI is InChI=1S/C16H30N2O2/c1-3-4-11-18(14-7-8-14)12-9-13-6-5-10-16(13,17-2)15(19)20/h13-14,17H,3-12H2,1-2H3,(H,19,20). The van der Waals surface area contributed by atoms with Crippen LogP contribution in [0.5, 0.6) is 0 Å². The molecule has 0 aromatic heterocycles. The number of hydrogen-bond donors (Lipinski definition) is 2. The van der Waals surface area contributed by atoms with Crippen LogP contribution in [0.25, 0.3) is 0 Å². The summed E-state index contributed by atoms with van der Waals surface area (Å²) in [5.74, 6) is -0.373. The van der Waals surface area contributed by atoms with Gasteiger partial charge in [0.05, 0.1) is 0 Å². The van der Waals surface area contributed by atoms with Crippen LogP contribution in [0.15, 0.2) is 0 Å². The largest absolute Gasteiger partial charge is 0.480 e. The van der Waals surface area contributed by atoms with Gasteiger partial charge in [-0.15, -0.1) is 0 Å². The molecule has 116 valence electrons. The number of likely N-dealkylation sites (N-methyl/N-ethyl adjacent to an activating group) is 1. The second-order valence-electron chi connectivity index (χ2n) is 6.53. The van der Waals surface area contributed by atoms with Crippen molar-refractivity contribution < 1.29 is 9.90 Å². The Morgan fingerprint density at radius 2 is 2.10 bits per heavy atom. The van der Waals surface area contributed by atoms with E-state index in [4.69, 9.17) is 0 Å². The Morgan fingerprint density at radius 3 is 2.65 bits per heavy atom. The molecule has 2 unspecified atom stereocenters. The van der Waals surface area contributed by atoms with Crippen molar-refractivity contribution in [1.82, 2.24) is 10.2 Å². The number of carbonyl (C=O) groups is 1. The molecule has 0 saturated heterocycles. The molecule has 2 rings (SSSR count). The Morgan fingerprint density at radius 1 is 1.35 bits per heavy atom. The highest BCUT2D eigenvalue weighted by molar-refractivity contribution is 5.79. The lowest BCUT2D eigenvalue weighted by molar-refractivity contribution is -0.146. The summed E-state index contributed by atoms with van der Waals surface area (Å²) in [6.45, 7) is 4.50. The molecule has 0 bridgehead atoms. The van der Waals surface area contributed by atoms with Crippen molar-refractivity contribution in [2.45, 2.75) is 69.9 Å². The third-order valence-electron chi connectivity index (χ3n) is 5.28. The van der Waals surface area contributed by atoms with Gasteiger partial charge >= 0.3 is 5.97 Å². The van der Waals surface area contributed by atoms with Crippen LogP contribution in [0.4, 0.5) is 0 Å². The Bertz CT molecular complexity index is 330. The fourth-order valence-corrected chi connectivity index (χ4v) is 3.79. The van der Waals surface area contributed by atoms with Crippen molar-refractivity contribution >= 4 is 5.97 Å². The Balaban J connectivity index is 1.89. The first-order valence-corrected chi connectivity index (χ1v) is 8.30. The summed E-state index contributed by atoms with van der Waals surface area (Å²) in [5.41, 5.74) is -0.667. The van der Waals surface area contributed by atoms with E-state index in [-0.39, 0.29) is 5.92 Å². The summed E-state index contributed by atoms with van der Waals surface area (Å²) in [6, 6.07) is 0.789. The molecule has 2 N–H and O–H groups in total. The first-order valence-electron chi connectivity index (χ1n) is 8.30. The normalized spacial score (nSPS) is 30.1. The molecule has 4 heteroatoms. The number of nitrogens with one attached hydrogen (secondary N) is 1. The maximum Gasteiger partial charge on any atom is 0.324 e. The molecule has 2 aliphatic carbocycles. The molecular weight excluding hydrogens is 252 g/mol. The minimum absolute atomic E-state index is 0.285. The van der Waals surface area contributed by atoms with Gasteiger partial charge in [-0.3, -0.25) is 4.79 Å². The summed E-state index contributed by atoms with van der Waals surface area (Å²) >= 11 is 0. The van der Waals surface area contributed by atoms with E-state index < -0.39 is 11.5 Å². The predicted molar refractivity (Wildman–Crippen MR) is 80.9 cm³/mol. The monoisotopic (exact) mass is 282 g/mol. The van der Waals surface area contributed by atoms with Crippen LogP contribution in [0.1, 0.15) is 58.3 Å².